The van der Waals surface area contributed by atoms with E-state index in [2.05, 4.69) is 20.3 Å². The zero-order chi connectivity index (χ0) is 18.7. The maximum atomic E-state index is 10.7. The molecule has 12 nitrogen and oxygen atoms in total. The van der Waals surface area contributed by atoms with Gasteiger partial charge in [-0.3, -0.25) is 20.2 Å². The van der Waals surface area contributed by atoms with Crippen molar-refractivity contribution >= 4 is 17.2 Å². The summed E-state index contributed by atoms with van der Waals surface area (Å²) in [7, 11) is 0. The Morgan fingerprint density at radius 3 is 2.00 bits per heavy atom. The summed E-state index contributed by atoms with van der Waals surface area (Å²) < 4.78 is 1.22. The minimum absolute atomic E-state index is 0.0511. The van der Waals surface area contributed by atoms with Crippen LogP contribution in [0.5, 0.6) is 0 Å². The zero-order valence-electron chi connectivity index (χ0n) is 12.8. The van der Waals surface area contributed by atoms with Crippen molar-refractivity contribution in [2.45, 2.75) is 0 Å². The molecule has 0 radical (unpaired) electrons. The fourth-order valence-corrected chi connectivity index (χ4v) is 2.23. The second kappa shape index (κ2) is 6.67. The fourth-order valence-electron chi connectivity index (χ4n) is 2.23. The number of nitrogens with zero attached hydrogens (tertiary/aromatic N) is 8. The molecule has 3 aromatic rings. The van der Waals surface area contributed by atoms with E-state index in [1.807, 2.05) is 0 Å². The molecule has 0 aliphatic heterocycles. The molecular weight excluding hydrogens is 344 g/mol. The van der Waals surface area contributed by atoms with E-state index in [1.165, 1.54) is 53.2 Å². The second-order valence-corrected chi connectivity index (χ2v) is 4.94. The molecule has 0 spiro atoms. The molecule has 0 amide bonds. The van der Waals surface area contributed by atoms with Crippen LogP contribution < -0.4 is 0 Å². The first kappa shape index (κ1) is 16.5. The van der Waals surface area contributed by atoms with Crippen LogP contribution in [-0.2, 0) is 0 Å². The van der Waals surface area contributed by atoms with Gasteiger partial charge < -0.3 is 0 Å². The van der Waals surface area contributed by atoms with Crippen LogP contribution in [0.15, 0.2) is 53.6 Å². The van der Waals surface area contributed by atoms with E-state index in [1.54, 1.807) is 0 Å². The molecule has 0 atom stereocenters. The van der Waals surface area contributed by atoms with Crippen molar-refractivity contribution in [2.75, 3.05) is 0 Å². The van der Waals surface area contributed by atoms with E-state index < -0.39 is 9.85 Å². The molecular formula is C14H8N8O4. The third kappa shape index (κ3) is 3.02. The summed E-state index contributed by atoms with van der Waals surface area (Å²) in [5, 5.41) is 32.9. The quantitative estimate of drug-likeness (QED) is 0.223. The lowest BCUT2D eigenvalue weighted by molar-refractivity contribution is -0.385. The highest BCUT2D eigenvalue weighted by molar-refractivity contribution is 5.71. The lowest BCUT2D eigenvalue weighted by Gasteiger charge is -2.03. The summed E-state index contributed by atoms with van der Waals surface area (Å²) in [4.78, 5) is 23.2. The predicted octanol–water partition coefficient (Wildman–Crippen LogP) is 3.69. The van der Waals surface area contributed by atoms with Gasteiger partial charge in [0.15, 0.2) is 5.82 Å². The van der Waals surface area contributed by atoms with Gasteiger partial charge in [-0.15, -0.1) is 5.10 Å². The minimum atomic E-state index is -0.540. The number of azide groups is 1. The number of nitro benzene ring substituents is 2. The van der Waals surface area contributed by atoms with Crippen LogP contribution in [0.2, 0.25) is 0 Å². The Labute approximate surface area is 144 Å². The number of non-ortho nitro benzene ring substituents is 2. The van der Waals surface area contributed by atoms with Gasteiger partial charge in [0.2, 0.25) is 0 Å². The Balaban J connectivity index is 2.07. The van der Waals surface area contributed by atoms with E-state index in [9.17, 15) is 20.2 Å². The summed E-state index contributed by atoms with van der Waals surface area (Å²) in [5.74, 6) is 0.0511. The number of rotatable bonds is 5. The lowest BCUT2D eigenvalue weighted by atomic mass is 10.1. The standard InChI is InChI=1S/C14H8N8O4/c15-18-17-14-13(9-1-3-11(4-2-9)21(23)24)16-19-20(14)10-5-7-12(8-6-10)22(25)26/h1-8H. The highest BCUT2D eigenvalue weighted by atomic mass is 16.6. The van der Waals surface area contributed by atoms with E-state index in [0.29, 0.717) is 11.3 Å². The van der Waals surface area contributed by atoms with Gasteiger partial charge in [-0.25, -0.2) is 4.68 Å². The molecule has 26 heavy (non-hydrogen) atoms. The van der Waals surface area contributed by atoms with Crippen molar-refractivity contribution in [1.82, 2.24) is 15.0 Å². The van der Waals surface area contributed by atoms with Crippen molar-refractivity contribution in [2.24, 2.45) is 5.11 Å². The monoisotopic (exact) mass is 352 g/mol. The number of nitro groups is 2. The van der Waals surface area contributed by atoms with Crippen molar-refractivity contribution in [3.05, 3.63) is 79.2 Å². The van der Waals surface area contributed by atoms with Gasteiger partial charge in [0, 0.05) is 34.7 Å². The van der Waals surface area contributed by atoms with Gasteiger partial charge in [-0.2, -0.15) is 0 Å². The highest BCUT2D eigenvalue weighted by Crippen LogP contribution is 2.31. The first-order valence-electron chi connectivity index (χ1n) is 7.01. The van der Waals surface area contributed by atoms with Crippen LogP contribution in [-0.4, -0.2) is 24.8 Å². The molecule has 0 aliphatic rings. The van der Waals surface area contributed by atoms with Gasteiger partial charge >= 0.3 is 0 Å². The first-order chi connectivity index (χ1) is 12.5. The molecule has 0 N–H and O–H groups in total. The largest absolute Gasteiger partial charge is 0.269 e. The van der Waals surface area contributed by atoms with Crippen LogP contribution in [0.4, 0.5) is 17.2 Å². The summed E-state index contributed by atoms with van der Waals surface area (Å²) in [6.45, 7) is 0. The number of hydrogen-bond donors (Lipinski definition) is 0. The highest BCUT2D eigenvalue weighted by Gasteiger charge is 2.17. The summed E-state index contributed by atoms with van der Waals surface area (Å²) in [6.07, 6.45) is 0. The molecule has 3 rings (SSSR count). The van der Waals surface area contributed by atoms with Crippen molar-refractivity contribution < 1.29 is 9.85 Å². The molecule has 0 fully saturated rings. The third-order valence-corrected chi connectivity index (χ3v) is 3.44. The SMILES string of the molecule is [N-]=[N+]=Nc1c(-c2ccc([N+](=O)[O-])cc2)nnn1-c1ccc([N+](=O)[O-])cc1. The average Bonchev–Trinajstić information content (AvgIpc) is 3.06. The van der Waals surface area contributed by atoms with Crippen molar-refractivity contribution in [1.29, 1.82) is 0 Å². The summed E-state index contributed by atoms with van der Waals surface area (Å²) >= 11 is 0. The Morgan fingerprint density at radius 2 is 1.50 bits per heavy atom. The maximum Gasteiger partial charge on any atom is 0.269 e. The molecule has 0 saturated heterocycles. The second-order valence-electron chi connectivity index (χ2n) is 4.94. The van der Waals surface area contributed by atoms with Gasteiger partial charge in [0.1, 0.15) is 5.69 Å². The predicted molar refractivity (Wildman–Crippen MR) is 88.9 cm³/mol. The van der Waals surface area contributed by atoms with Gasteiger partial charge in [-0.05, 0) is 34.9 Å². The Kier molecular flexibility index (Phi) is 4.24. The Bertz CT molecular complexity index is 961. The van der Waals surface area contributed by atoms with Crippen molar-refractivity contribution in [3.8, 4) is 16.9 Å². The van der Waals surface area contributed by atoms with Crippen molar-refractivity contribution in [3.63, 3.8) is 0 Å². The summed E-state index contributed by atoms with van der Waals surface area (Å²) in [5.41, 5.74) is 9.71. The average molecular weight is 352 g/mol. The Morgan fingerprint density at radius 1 is 0.962 bits per heavy atom. The summed E-state index contributed by atoms with van der Waals surface area (Å²) in [6, 6.07) is 10.9. The molecule has 0 aliphatic carbocycles. The van der Waals surface area contributed by atoms with E-state index in [4.69, 9.17) is 5.53 Å². The lowest BCUT2D eigenvalue weighted by Crippen LogP contribution is -1.96. The van der Waals surface area contributed by atoms with Crippen LogP contribution >= 0.6 is 0 Å². The first-order valence-corrected chi connectivity index (χ1v) is 7.01. The van der Waals surface area contributed by atoms with Gasteiger partial charge in [0.05, 0.1) is 15.5 Å². The molecule has 0 unspecified atom stereocenters. The normalized spacial score (nSPS) is 10.2. The molecule has 1 aromatic heterocycles. The molecule has 128 valence electrons. The molecule has 2 aromatic carbocycles. The molecule has 1 heterocycles. The van der Waals surface area contributed by atoms with Crippen LogP contribution in [0.25, 0.3) is 27.4 Å². The van der Waals surface area contributed by atoms with Gasteiger partial charge in [0.25, 0.3) is 11.4 Å². The number of hydrogen-bond acceptors (Lipinski definition) is 7. The fraction of sp³-hybridized carbons (Fsp3) is 0. The maximum absolute atomic E-state index is 10.7. The smallest absolute Gasteiger partial charge is 0.258 e. The number of aromatic nitrogens is 3. The van der Waals surface area contributed by atoms with E-state index >= 15 is 0 Å². The van der Waals surface area contributed by atoms with E-state index in [-0.39, 0.29) is 22.9 Å². The number of benzene rings is 2. The van der Waals surface area contributed by atoms with E-state index in [0.717, 1.165) is 0 Å². The van der Waals surface area contributed by atoms with Crippen LogP contribution in [0.1, 0.15) is 0 Å². The molecule has 0 saturated carbocycles. The zero-order valence-corrected chi connectivity index (χ0v) is 12.8. The minimum Gasteiger partial charge on any atom is -0.258 e. The third-order valence-electron chi connectivity index (χ3n) is 3.44. The topological polar surface area (TPSA) is 166 Å². The molecule has 0 bridgehead atoms. The van der Waals surface area contributed by atoms with Crippen LogP contribution in [0, 0.1) is 20.2 Å². The molecule has 12 heteroatoms. The van der Waals surface area contributed by atoms with Gasteiger partial charge in [-0.1, -0.05) is 5.21 Å². The Hall–Kier alpha value is -4.31. The van der Waals surface area contributed by atoms with Crippen LogP contribution in [0.3, 0.4) is 0 Å².